The highest BCUT2D eigenvalue weighted by atomic mass is 16.6. The molecule has 0 aliphatic carbocycles. The standard InChI is InChI=1S/C20H30N2O5/c1-2-3-4-5-8-11-14-19(21(24)25)16-17-20(22(26)27)15-12-9-6-7-10-13-18-23/h6,8-9,11,15-16,18H,2-5,7,10,12-14,17H2,1H3/b9-6-,11-8-,19-16+,20-15+. The fraction of sp³-hybridized carbons (Fsp3) is 0.550. The quantitative estimate of drug-likeness (QED) is 0.115. The highest BCUT2D eigenvalue weighted by molar-refractivity contribution is 5.49. The van der Waals surface area contributed by atoms with Crippen molar-refractivity contribution in [2.75, 3.05) is 0 Å². The molecule has 150 valence electrons. The van der Waals surface area contributed by atoms with Crippen molar-refractivity contribution in [2.45, 2.75) is 71.1 Å². The van der Waals surface area contributed by atoms with Crippen molar-refractivity contribution in [3.63, 3.8) is 0 Å². The van der Waals surface area contributed by atoms with E-state index in [9.17, 15) is 25.0 Å². The summed E-state index contributed by atoms with van der Waals surface area (Å²) in [5, 5.41) is 22.2. The van der Waals surface area contributed by atoms with Gasteiger partial charge >= 0.3 is 0 Å². The molecule has 27 heavy (non-hydrogen) atoms. The van der Waals surface area contributed by atoms with Gasteiger partial charge in [0.05, 0.1) is 22.7 Å². The Morgan fingerprint density at radius 2 is 1.41 bits per heavy atom. The predicted molar refractivity (Wildman–Crippen MR) is 106 cm³/mol. The number of rotatable bonds is 16. The van der Waals surface area contributed by atoms with Gasteiger partial charge in [0.2, 0.25) is 11.4 Å². The molecule has 0 N–H and O–H groups in total. The number of allylic oxidation sites excluding steroid dienone is 6. The van der Waals surface area contributed by atoms with Crippen LogP contribution in [0.3, 0.4) is 0 Å². The Labute approximate surface area is 160 Å². The van der Waals surface area contributed by atoms with Crippen LogP contribution in [0.2, 0.25) is 0 Å². The minimum absolute atomic E-state index is 0.0288. The molecule has 0 heterocycles. The number of carbonyl (C=O) groups excluding carboxylic acids is 1. The number of hydrogen-bond donors (Lipinski definition) is 0. The maximum atomic E-state index is 11.1. The van der Waals surface area contributed by atoms with Gasteiger partial charge in [-0.15, -0.1) is 0 Å². The lowest BCUT2D eigenvalue weighted by Crippen LogP contribution is -2.01. The van der Waals surface area contributed by atoms with Crippen LogP contribution in [0.5, 0.6) is 0 Å². The number of aldehydes is 1. The molecule has 0 amide bonds. The first kappa shape index (κ1) is 24.4. The molecule has 0 unspecified atom stereocenters. The monoisotopic (exact) mass is 378 g/mol. The molecule has 0 aliphatic rings. The van der Waals surface area contributed by atoms with Crippen LogP contribution in [0.15, 0.2) is 47.9 Å². The van der Waals surface area contributed by atoms with Crippen LogP contribution >= 0.6 is 0 Å². The number of nitrogens with zero attached hydrogens (tertiary/aromatic N) is 2. The number of nitro groups is 2. The van der Waals surface area contributed by atoms with Crippen LogP contribution in [0.1, 0.15) is 71.1 Å². The fourth-order valence-corrected chi connectivity index (χ4v) is 2.26. The van der Waals surface area contributed by atoms with E-state index in [1.807, 2.05) is 12.2 Å². The summed E-state index contributed by atoms with van der Waals surface area (Å²) in [6, 6.07) is 0. The van der Waals surface area contributed by atoms with E-state index < -0.39 is 9.85 Å². The highest BCUT2D eigenvalue weighted by Crippen LogP contribution is 2.12. The molecule has 0 rings (SSSR count). The van der Waals surface area contributed by atoms with Gasteiger partial charge in [-0.05, 0) is 44.3 Å². The van der Waals surface area contributed by atoms with E-state index in [1.54, 1.807) is 12.2 Å². The first-order chi connectivity index (χ1) is 13.0. The second-order valence-electron chi connectivity index (χ2n) is 6.09. The molecule has 0 saturated carbocycles. The number of hydrogen-bond acceptors (Lipinski definition) is 5. The van der Waals surface area contributed by atoms with Crippen molar-refractivity contribution in [1.82, 2.24) is 0 Å². The van der Waals surface area contributed by atoms with Gasteiger partial charge < -0.3 is 4.79 Å². The van der Waals surface area contributed by atoms with Crippen LogP contribution in [-0.4, -0.2) is 16.1 Å². The van der Waals surface area contributed by atoms with E-state index in [2.05, 4.69) is 6.92 Å². The van der Waals surface area contributed by atoms with E-state index in [1.165, 1.54) is 12.2 Å². The third-order valence-electron chi connectivity index (χ3n) is 3.83. The molecule has 0 atom stereocenters. The molecule has 7 nitrogen and oxygen atoms in total. The van der Waals surface area contributed by atoms with E-state index in [-0.39, 0.29) is 24.2 Å². The van der Waals surface area contributed by atoms with Gasteiger partial charge in [0.1, 0.15) is 6.29 Å². The Kier molecular flexibility index (Phi) is 15.3. The lowest BCUT2D eigenvalue weighted by molar-refractivity contribution is -0.431. The molecule has 0 aromatic heterocycles. The summed E-state index contributed by atoms with van der Waals surface area (Å²) < 4.78 is 0. The van der Waals surface area contributed by atoms with Crippen LogP contribution < -0.4 is 0 Å². The molecule has 7 heteroatoms. The predicted octanol–water partition coefficient (Wildman–Crippen LogP) is 5.54. The van der Waals surface area contributed by atoms with E-state index in [0.717, 1.165) is 44.8 Å². The summed E-state index contributed by atoms with van der Waals surface area (Å²) in [6.45, 7) is 2.11. The minimum Gasteiger partial charge on any atom is -0.303 e. The summed E-state index contributed by atoms with van der Waals surface area (Å²) in [7, 11) is 0. The second-order valence-corrected chi connectivity index (χ2v) is 6.09. The van der Waals surface area contributed by atoms with Gasteiger partial charge in [-0.1, -0.05) is 44.1 Å². The summed E-state index contributed by atoms with van der Waals surface area (Å²) in [6.07, 6.45) is 17.7. The van der Waals surface area contributed by atoms with Crippen molar-refractivity contribution in [2.24, 2.45) is 0 Å². The van der Waals surface area contributed by atoms with E-state index >= 15 is 0 Å². The van der Waals surface area contributed by atoms with Crippen LogP contribution in [0.25, 0.3) is 0 Å². The Morgan fingerprint density at radius 3 is 2.04 bits per heavy atom. The van der Waals surface area contributed by atoms with Gasteiger partial charge in [-0.3, -0.25) is 20.2 Å². The summed E-state index contributed by atoms with van der Waals surface area (Å²) in [5.41, 5.74) is -0.0855. The maximum Gasteiger partial charge on any atom is 0.246 e. The zero-order valence-electron chi connectivity index (χ0n) is 16.0. The van der Waals surface area contributed by atoms with Crippen molar-refractivity contribution >= 4 is 6.29 Å². The molecule has 0 aliphatic heterocycles. The average Bonchev–Trinajstić information content (AvgIpc) is 2.63. The second kappa shape index (κ2) is 16.9. The third kappa shape index (κ3) is 14.3. The molecule has 0 radical (unpaired) electrons. The van der Waals surface area contributed by atoms with Crippen molar-refractivity contribution in [3.8, 4) is 0 Å². The third-order valence-corrected chi connectivity index (χ3v) is 3.83. The van der Waals surface area contributed by atoms with Gasteiger partial charge in [0.15, 0.2) is 0 Å². The molecule has 0 aromatic rings. The number of carbonyl (C=O) groups is 1. The summed E-state index contributed by atoms with van der Waals surface area (Å²) in [4.78, 5) is 31.4. The molecule has 0 fully saturated rings. The Morgan fingerprint density at radius 1 is 0.778 bits per heavy atom. The molecule has 0 saturated heterocycles. The molecule has 0 bridgehead atoms. The van der Waals surface area contributed by atoms with E-state index in [4.69, 9.17) is 0 Å². The van der Waals surface area contributed by atoms with Gasteiger partial charge in [-0.2, -0.15) is 0 Å². The lowest BCUT2D eigenvalue weighted by Gasteiger charge is -1.97. The topological polar surface area (TPSA) is 103 Å². The highest BCUT2D eigenvalue weighted by Gasteiger charge is 2.13. The Bertz CT molecular complexity index is 577. The van der Waals surface area contributed by atoms with Crippen molar-refractivity contribution < 1.29 is 14.6 Å². The Hall–Kier alpha value is -2.57. The van der Waals surface area contributed by atoms with Gasteiger partial charge in [-0.25, -0.2) is 0 Å². The summed E-state index contributed by atoms with van der Waals surface area (Å²) in [5.74, 6) is 0. The molecular formula is C20H30N2O5. The summed E-state index contributed by atoms with van der Waals surface area (Å²) >= 11 is 0. The zero-order chi connectivity index (χ0) is 20.3. The first-order valence-corrected chi connectivity index (χ1v) is 9.43. The van der Waals surface area contributed by atoms with Crippen LogP contribution in [0, 0.1) is 20.2 Å². The normalized spacial score (nSPS) is 12.8. The van der Waals surface area contributed by atoms with Crippen molar-refractivity contribution in [3.05, 3.63) is 68.1 Å². The lowest BCUT2D eigenvalue weighted by atomic mass is 10.1. The van der Waals surface area contributed by atoms with Crippen LogP contribution in [0.4, 0.5) is 0 Å². The van der Waals surface area contributed by atoms with E-state index in [0.29, 0.717) is 12.8 Å². The van der Waals surface area contributed by atoms with Gasteiger partial charge in [0, 0.05) is 6.42 Å². The molecular weight excluding hydrogens is 348 g/mol. The van der Waals surface area contributed by atoms with Crippen LogP contribution in [-0.2, 0) is 4.79 Å². The maximum absolute atomic E-state index is 11.1. The largest absolute Gasteiger partial charge is 0.303 e. The SMILES string of the molecule is CCCCC/C=C\C/C(=C\C/C(=C\C/C=C\CCCC=O)[N+](=O)[O-])[N+](=O)[O-]. The molecule has 0 spiro atoms. The fourth-order valence-electron chi connectivity index (χ4n) is 2.26. The van der Waals surface area contributed by atoms with Crippen molar-refractivity contribution in [1.29, 1.82) is 0 Å². The first-order valence-electron chi connectivity index (χ1n) is 9.43. The average molecular weight is 378 g/mol. The van der Waals surface area contributed by atoms with Gasteiger partial charge in [0.25, 0.3) is 0 Å². The smallest absolute Gasteiger partial charge is 0.246 e. The minimum atomic E-state index is -0.505. The Balaban J connectivity index is 4.64. The number of unbranched alkanes of at least 4 members (excludes halogenated alkanes) is 5. The zero-order valence-corrected chi connectivity index (χ0v) is 16.0. The molecule has 0 aromatic carbocycles.